The topological polar surface area (TPSA) is 53.7 Å². The van der Waals surface area contributed by atoms with Gasteiger partial charge in [-0.2, -0.15) is 0 Å². The van der Waals surface area contributed by atoms with Crippen LogP contribution in [0.3, 0.4) is 0 Å². The number of fused-ring (bicyclic) bond motifs is 1. The van der Waals surface area contributed by atoms with Crippen LogP contribution in [0.15, 0.2) is 18.3 Å². The Balaban J connectivity index is 1.48. The highest BCUT2D eigenvalue weighted by molar-refractivity contribution is 5.83. The highest BCUT2D eigenvalue weighted by Crippen LogP contribution is 2.30. The van der Waals surface area contributed by atoms with E-state index in [0.29, 0.717) is 5.92 Å². The number of nitrogens with zero attached hydrogens (tertiary/aromatic N) is 5. The van der Waals surface area contributed by atoms with E-state index in [4.69, 9.17) is 0 Å². The molecule has 6 heteroatoms. The zero-order valence-electron chi connectivity index (χ0n) is 13.8. The van der Waals surface area contributed by atoms with E-state index in [1.165, 1.54) is 5.56 Å². The summed E-state index contributed by atoms with van der Waals surface area (Å²) in [5, 5.41) is 8.74. The number of piperidine rings is 1. The van der Waals surface area contributed by atoms with Gasteiger partial charge >= 0.3 is 0 Å². The molecule has 6 nitrogen and oxygen atoms in total. The number of carbonyl (C=O) groups is 1. The summed E-state index contributed by atoms with van der Waals surface area (Å²) in [5.41, 5.74) is 2.13. The summed E-state index contributed by atoms with van der Waals surface area (Å²) in [6, 6.07) is 4.26. The molecule has 0 N–H and O–H groups in total. The molecule has 122 valence electrons. The molecule has 2 aliphatic rings. The lowest BCUT2D eigenvalue weighted by Gasteiger charge is -2.34. The summed E-state index contributed by atoms with van der Waals surface area (Å²) in [5.74, 6) is 1.78. The van der Waals surface area contributed by atoms with Crippen LogP contribution >= 0.6 is 0 Å². The van der Waals surface area contributed by atoms with Crippen molar-refractivity contribution in [3.8, 4) is 0 Å². The monoisotopic (exact) mass is 313 g/mol. The molecule has 0 aliphatic carbocycles. The third kappa shape index (κ3) is 2.51. The maximum Gasteiger partial charge on any atom is 0.239 e. The van der Waals surface area contributed by atoms with Crippen LogP contribution in [0.1, 0.15) is 36.6 Å². The fraction of sp³-hybridized carbons (Fsp3) is 0.588. The van der Waals surface area contributed by atoms with Crippen molar-refractivity contribution in [1.82, 2.24) is 24.4 Å². The third-order valence-corrected chi connectivity index (χ3v) is 5.33. The molecule has 1 unspecified atom stereocenters. The average molecular weight is 313 g/mol. The maximum atomic E-state index is 12.2. The molecular formula is C17H23N5O. The quantitative estimate of drug-likeness (QED) is 0.842. The molecule has 0 aromatic carbocycles. The fourth-order valence-electron chi connectivity index (χ4n) is 3.90. The zero-order chi connectivity index (χ0) is 16.0. The average Bonchev–Trinajstić information content (AvgIpc) is 3.12. The van der Waals surface area contributed by atoms with Crippen molar-refractivity contribution in [3.63, 3.8) is 0 Å². The Bertz CT molecular complexity index is 732. The second-order valence-corrected chi connectivity index (χ2v) is 6.87. The first-order chi connectivity index (χ1) is 11.1. The second-order valence-electron chi connectivity index (χ2n) is 6.87. The fourth-order valence-corrected chi connectivity index (χ4v) is 3.90. The molecule has 0 spiro atoms. The molecule has 0 bridgehead atoms. The van der Waals surface area contributed by atoms with E-state index in [9.17, 15) is 4.79 Å². The number of aryl methyl sites for hydroxylation is 1. The molecule has 2 aliphatic heterocycles. The molecule has 0 saturated carbocycles. The number of likely N-dealkylation sites (tertiary alicyclic amines) is 2. The van der Waals surface area contributed by atoms with Crippen LogP contribution in [0.2, 0.25) is 0 Å². The molecule has 2 aromatic heterocycles. The van der Waals surface area contributed by atoms with E-state index in [1.807, 2.05) is 11.9 Å². The first kappa shape index (κ1) is 14.6. The first-order valence-corrected chi connectivity index (χ1v) is 8.44. The van der Waals surface area contributed by atoms with Gasteiger partial charge in [0.15, 0.2) is 5.65 Å². The largest absolute Gasteiger partial charge is 0.344 e. The minimum Gasteiger partial charge on any atom is -0.344 e. The van der Waals surface area contributed by atoms with Gasteiger partial charge in [-0.1, -0.05) is 0 Å². The molecule has 0 radical (unpaired) electrons. The van der Waals surface area contributed by atoms with E-state index in [2.05, 4.69) is 44.8 Å². The lowest BCUT2D eigenvalue weighted by atomic mass is 9.94. The Morgan fingerprint density at radius 1 is 1.13 bits per heavy atom. The van der Waals surface area contributed by atoms with Gasteiger partial charge in [-0.25, -0.2) is 0 Å². The molecule has 1 atom stereocenters. The highest BCUT2D eigenvalue weighted by Gasteiger charge is 2.36. The van der Waals surface area contributed by atoms with E-state index < -0.39 is 0 Å². The van der Waals surface area contributed by atoms with Crippen LogP contribution in [-0.2, 0) is 4.79 Å². The standard InChI is InChI=1S/C17H23N5O/c1-12-3-10-22-15(11-12)18-19-16(22)13-4-8-21(9-5-13)14-6-7-20(2)17(14)23/h3,10-11,13-14H,4-9H2,1-2H3. The minimum atomic E-state index is 0.0961. The normalized spacial score (nSPS) is 24.0. The number of carbonyl (C=O) groups excluding carboxylic acids is 1. The van der Waals surface area contributed by atoms with E-state index in [0.717, 1.165) is 50.4 Å². The first-order valence-electron chi connectivity index (χ1n) is 8.44. The summed E-state index contributed by atoms with van der Waals surface area (Å²) >= 11 is 0. The van der Waals surface area contributed by atoms with Gasteiger partial charge in [0.25, 0.3) is 0 Å². The van der Waals surface area contributed by atoms with Gasteiger partial charge in [0.05, 0.1) is 6.04 Å². The van der Waals surface area contributed by atoms with Crippen molar-refractivity contribution >= 4 is 11.6 Å². The Kier molecular flexibility index (Phi) is 3.56. The molecular weight excluding hydrogens is 290 g/mol. The summed E-state index contributed by atoms with van der Waals surface area (Å²) in [6.45, 7) is 4.89. The maximum absolute atomic E-state index is 12.2. The zero-order valence-corrected chi connectivity index (χ0v) is 13.8. The number of rotatable bonds is 2. The van der Waals surface area contributed by atoms with Crippen LogP contribution in [0.5, 0.6) is 0 Å². The van der Waals surface area contributed by atoms with Gasteiger partial charge in [0, 0.05) is 25.7 Å². The number of pyridine rings is 1. The summed E-state index contributed by atoms with van der Waals surface area (Å²) in [6.07, 6.45) is 5.12. The van der Waals surface area contributed by atoms with Crippen molar-refractivity contribution < 1.29 is 4.79 Å². The Morgan fingerprint density at radius 2 is 1.91 bits per heavy atom. The number of hydrogen-bond acceptors (Lipinski definition) is 4. The SMILES string of the molecule is Cc1ccn2c(C3CCN(C4CCN(C)C4=O)CC3)nnc2c1. The molecule has 2 aromatic rings. The molecule has 23 heavy (non-hydrogen) atoms. The van der Waals surface area contributed by atoms with Crippen LogP contribution in [0, 0.1) is 6.92 Å². The minimum absolute atomic E-state index is 0.0961. The number of amides is 1. The lowest BCUT2D eigenvalue weighted by Crippen LogP contribution is -2.45. The number of hydrogen-bond donors (Lipinski definition) is 0. The van der Waals surface area contributed by atoms with Crippen molar-refractivity contribution in [2.24, 2.45) is 0 Å². The predicted octanol–water partition coefficient (Wildman–Crippen LogP) is 1.45. The van der Waals surface area contributed by atoms with E-state index in [1.54, 1.807) is 0 Å². The summed E-state index contributed by atoms with van der Waals surface area (Å²) in [7, 11) is 1.90. The van der Waals surface area contributed by atoms with Gasteiger partial charge in [0.1, 0.15) is 5.82 Å². The van der Waals surface area contributed by atoms with Crippen molar-refractivity contribution in [1.29, 1.82) is 0 Å². The van der Waals surface area contributed by atoms with Crippen LogP contribution in [0.4, 0.5) is 0 Å². The molecule has 2 fully saturated rings. The van der Waals surface area contributed by atoms with Crippen molar-refractivity contribution in [3.05, 3.63) is 29.7 Å². The summed E-state index contributed by atoms with van der Waals surface area (Å²) in [4.78, 5) is 16.4. The van der Waals surface area contributed by atoms with Gasteiger partial charge in [-0.15, -0.1) is 10.2 Å². The highest BCUT2D eigenvalue weighted by atomic mass is 16.2. The van der Waals surface area contributed by atoms with Gasteiger partial charge in [-0.3, -0.25) is 14.1 Å². The Labute approximate surface area is 136 Å². The Morgan fingerprint density at radius 3 is 2.61 bits per heavy atom. The third-order valence-electron chi connectivity index (χ3n) is 5.33. The van der Waals surface area contributed by atoms with Crippen molar-refractivity contribution in [2.75, 3.05) is 26.7 Å². The van der Waals surface area contributed by atoms with Gasteiger partial charge in [-0.05, 0) is 57.0 Å². The van der Waals surface area contributed by atoms with Crippen LogP contribution in [0.25, 0.3) is 5.65 Å². The number of likely N-dealkylation sites (N-methyl/N-ethyl adjacent to an activating group) is 1. The summed E-state index contributed by atoms with van der Waals surface area (Å²) < 4.78 is 2.11. The van der Waals surface area contributed by atoms with Crippen LogP contribution < -0.4 is 0 Å². The molecule has 4 rings (SSSR count). The molecule has 4 heterocycles. The molecule has 1 amide bonds. The number of aromatic nitrogens is 3. The van der Waals surface area contributed by atoms with E-state index in [-0.39, 0.29) is 11.9 Å². The van der Waals surface area contributed by atoms with Crippen molar-refractivity contribution in [2.45, 2.75) is 38.1 Å². The van der Waals surface area contributed by atoms with E-state index >= 15 is 0 Å². The van der Waals surface area contributed by atoms with Gasteiger partial charge in [0.2, 0.25) is 5.91 Å². The lowest BCUT2D eigenvalue weighted by molar-refractivity contribution is -0.131. The predicted molar refractivity (Wildman–Crippen MR) is 87.3 cm³/mol. The van der Waals surface area contributed by atoms with Gasteiger partial charge < -0.3 is 4.90 Å². The Hall–Kier alpha value is -1.95. The van der Waals surface area contributed by atoms with Crippen LogP contribution in [-0.4, -0.2) is 63.0 Å². The smallest absolute Gasteiger partial charge is 0.239 e. The molecule has 2 saturated heterocycles. The second kappa shape index (κ2) is 5.60.